The Balaban J connectivity index is 1.37. The predicted molar refractivity (Wildman–Crippen MR) is 116 cm³/mol. The Morgan fingerprint density at radius 2 is 2.10 bits per heavy atom. The lowest BCUT2D eigenvalue weighted by atomic mass is 10.1. The molecule has 1 aliphatic heterocycles. The van der Waals surface area contributed by atoms with Crippen LogP contribution in [0.2, 0.25) is 0 Å². The van der Waals surface area contributed by atoms with Crippen LogP contribution in [0.15, 0.2) is 48.8 Å². The normalized spacial score (nSPS) is 17.5. The highest BCUT2D eigenvalue weighted by Gasteiger charge is 2.21. The summed E-state index contributed by atoms with van der Waals surface area (Å²) in [6, 6.07) is 12.0. The summed E-state index contributed by atoms with van der Waals surface area (Å²) in [7, 11) is 0. The number of aromatic nitrogens is 3. The zero-order valence-electron chi connectivity index (χ0n) is 17.6. The number of nitrogens with one attached hydrogen (secondary N) is 1. The summed E-state index contributed by atoms with van der Waals surface area (Å²) in [5.41, 5.74) is 2.47. The van der Waals surface area contributed by atoms with Crippen molar-refractivity contribution in [3.63, 3.8) is 0 Å². The number of hydrogen-bond acceptors (Lipinski definition) is 5. The number of carbonyl (C=O) groups excluding carboxylic acids is 1. The Morgan fingerprint density at radius 3 is 2.90 bits per heavy atom. The highest BCUT2D eigenvalue weighted by atomic mass is 16.5. The number of fused-ring (bicyclic) bond motifs is 1. The molecule has 0 radical (unpaired) electrons. The number of benzene rings is 1. The fourth-order valence-electron chi connectivity index (χ4n) is 3.86. The van der Waals surface area contributed by atoms with Crippen molar-refractivity contribution >= 4 is 16.9 Å². The van der Waals surface area contributed by atoms with Crippen LogP contribution in [-0.4, -0.2) is 64.5 Å². The van der Waals surface area contributed by atoms with E-state index in [1.165, 1.54) is 0 Å². The summed E-state index contributed by atoms with van der Waals surface area (Å²) >= 11 is 0. The number of carbonyl (C=O) groups is 1. The standard InChI is InChI=1S/C23H29N5O2/c1-17(2)14-27-8-9-30-21(16-27)13-25-23(29)20-10-19-12-26-28(22(19)24-11-20)15-18-6-4-3-5-7-18/h3-7,10-12,17,21H,8-9,13-16H2,1-2H3,(H,25,29). The van der Waals surface area contributed by atoms with E-state index >= 15 is 0 Å². The SMILES string of the molecule is CC(C)CN1CCOC(CNC(=O)c2cnc3c(cnn3Cc3ccccc3)c2)C1. The molecule has 0 spiro atoms. The maximum absolute atomic E-state index is 12.6. The van der Waals surface area contributed by atoms with Crippen LogP contribution in [0.4, 0.5) is 0 Å². The zero-order chi connectivity index (χ0) is 20.9. The number of amides is 1. The number of rotatable bonds is 7. The highest BCUT2D eigenvalue weighted by molar-refractivity contribution is 5.96. The second-order valence-electron chi connectivity index (χ2n) is 8.28. The van der Waals surface area contributed by atoms with Crippen LogP contribution in [0.3, 0.4) is 0 Å². The van der Waals surface area contributed by atoms with Crippen molar-refractivity contribution in [1.29, 1.82) is 0 Å². The van der Waals surface area contributed by atoms with E-state index in [1.807, 2.05) is 28.9 Å². The van der Waals surface area contributed by atoms with Gasteiger partial charge in [0.25, 0.3) is 5.91 Å². The first-order valence-corrected chi connectivity index (χ1v) is 10.6. The highest BCUT2D eigenvalue weighted by Crippen LogP contribution is 2.15. The van der Waals surface area contributed by atoms with Gasteiger partial charge in [-0.1, -0.05) is 44.2 Å². The van der Waals surface area contributed by atoms with E-state index in [0.29, 0.717) is 31.2 Å². The first kappa shape index (κ1) is 20.5. The minimum absolute atomic E-state index is 0.0202. The lowest BCUT2D eigenvalue weighted by Gasteiger charge is -2.33. The van der Waals surface area contributed by atoms with Crippen molar-refractivity contribution < 1.29 is 9.53 Å². The average molecular weight is 408 g/mol. The van der Waals surface area contributed by atoms with Gasteiger partial charge in [0.1, 0.15) is 0 Å². The largest absolute Gasteiger partial charge is 0.374 e. The summed E-state index contributed by atoms with van der Waals surface area (Å²) in [5, 5.41) is 8.29. The van der Waals surface area contributed by atoms with Gasteiger partial charge in [0.15, 0.2) is 5.65 Å². The molecule has 158 valence electrons. The maximum atomic E-state index is 12.6. The van der Waals surface area contributed by atoms with Crippen LogP contribution >= 0.6 is 0 Å². The molecule has 3 heterocycles. The van der Waals surface area contributed by atoms with Gasteiger partial charge in [-0.3, -0.25) is 9.69 Å². The Hall–Kier alpha value is -2.77. The molecule has 3 aromatic rings. The van der Waals surface area contributed by atoms with Crippen LogP contribution in [0.5, 0.6) is 0 Å². The van der Waals surface area contributed by atoms with Crippen LogP contribution in [0.1, 0.15) is 29.8 Å². The van der Waals surface area contributed by atoms with Gasteiger partial charge in [0.05, 0.1) is 31.0 Å². The fraction of sp³-hybridized carbons (Fsp3) is 0.435. The van der Waals surface area contributed by atoms with Crippen molar-refractivity contribution in [3.05, 3.63) is 59.9 Å². The number of pyridine rings is 1. The lowest BCUT2D eigenvalue weighted by molar-refractivity contribution is -0.0295. The van der Waals surface area contributed by atoms with Crippen LogP contribution in [0.25, 0.3) is 11.0 Å². The topological polar surface area (TPSA) is 72.3 Å². The molecule has 7 nitrogen and oxygen atoms in total. The molecule has 1 aromatic carbocycles. The van der Waals surface area contributed by atoms with Gasteiger partial charge in [-0.15, -0.1) is 0 Å². The average Bonchev–Trinajstić information content (AvgIpc) is 3.14. The third kappa shape index (κ3) is 5.04. The molecule has 1 saturated heterocycles. The molecule has 0 aliphatic carbocycles. The van der Waals surface area contributed by atoms with Gasteiger partial charge in [0, 0.05) is 37.8 Å². The summed E-state index contributed by atoms with van der Waals surface area (Å²) < 4.78 is 7.67. The molecule has 1 aliphatic rings. The third-order valence-electron chi connectivity index (χ3n) is 5.25. The summed E-state index contributed by atoms with van der Waals surface area (Å²) in [5.74, 6) is 0.490. The third-order valence-corrected chi connectivity index (χ3v) is 5.25. The number of ether oxygens (including phenoxy) is 1. The van der Waals surface area contributed by atoms with E-state index in [0.717, 1.165) is 36.2 Å². The van der Waals surface area contributed by atoms with Crippen molar-refractivity contribution in [1.82, 2.24) is 25.0 Å². The van der Waals surface area contributed by atoms with E-state index in [9.17, 15) is 4.79 Å². The molecule has 1 unspecified atom stereocenters. The molecule has 1 atom stereocenters. The minimum atomic E-state index is -0.134. The van der Waals surface area contributed by atoms with Gasteiger partial charge in [-0.2, -0.15) is 5.10 Å². The molecule has 2 aromatic heterocycles. The first-order chi connectivity index (χ1) is 14.6. The van der Waals surface area contributed by atoms with Crippen LogP contribution in [-0.2, 0) is 11.3 Å². The quantitative estimate of drug-likeness (QED) is 0.652. The fourth-order valence-corrected chi connectivity index (χ4v) is 3.86. The van der Waals surface area contributed by atoms with Gasteiger partial charge in [-0.25, -0.2) is 9.67 Å². The molecule has 1 fully saturated rings. The second kappa shape index (κ2) is 9.36. The molecule has 1 N–H and O–H groups in total. The van der Waals surface area contributed by atoms with Crippen molar-refractivity contribution in [2.45, 2.75) is 26.5 Å². The van der Waals surface area contributed by atoms with Gasteiger partial charge >= 0.3 is 0 Å². The number of morpholine rings is 1. The molecule has 7 heteroatoms. The smallest absolute Gasteiger partial charge is 0.252 e. The predicted octanol–water partition coefficient (Wildman–Crippen LogP) is 2.57. The van der Waals surface area contributed by atoms with Gasteiger partial charge < -0.3 is 10.1 Å². The van der Waals surface area contributed by atoms with E-state index in [1.54, 1.807) is 12.4 Å². The molecule has 30 heavy (non-hydrogen) atoms. The summed E-state index contributed by atoms with van der Waals surface area (Å²) in [6.45, 7) is 9.16. The molecule has 1 amide bonds. The molecular weight excluding hydrogens is 378 g/mol. The number of nitrogens with zero attached hydrogens (tertiary/aromatic N) is 4. The molecule has 4 rings (SSSR count). The molecule has 0 bridgehead atoms. The van der Waals surface area contributed by atoms with E-state index in [2.05, 4.69) is 46.3 Å². The number of hydrogen-bond donors (Lipinski definition) is 1. The molecule has 0 saturated carbocycles. The summed E-state index contributed by atoms with van der Waals surface area (Å²) in [4.78, 5) is 19.5. The zero-order valence-corrected chi connectivity index (χ0v) is 17.6. The van der Waals surface area contributed by atoms with Crippen LogP contribution in [0, 0.1) is 5.92 Å². The Morgan fingerprint density at radius 1 is 1.27 bits per heavy atom. The van der Waals surface area contributed by atoms with Gasteiger partial charge in [0.2, 0.25) is 0 Å². The Kier molecular flexibility index (Phi) is 6.40. The Labute approximate surface area is 177 Å². The maximum Gasteiger partial charge on any atom is 0.252 e. The van der Waals surface area contributed by atoms with E-state index in [4.69, 9.17) is 4.74 Å². The minimum Gasteiger partial charge on any atom is -0.374 e. The first-order valence-electron chi connectivity index (χ1n) is 10.6. The van der Waals surface area contributed by atoms with E-state index < -0.39 is 0 Å². The molecular formula is C23H29N5O2. The monoisotopic (exact) mass is 407 g/mol. The van der Waals surface area contributed by atoms with Crippen molar-refractivity contribution in [2.75, 3.05) is 32.8 Å². The van der Waals surface area contributed by atoms with E-state index in [-0.39, 0.29) is 12.0 Å². The second-order valence-corrected chi connectivity index (χ2v) is 8.28. The van der Waals surface area contributed by atoms with Crippen molar-refractivity contribution in [2.24, 2.45) is 5.92 Å². The van der Waals surface area contributed by atoms with Crippen molar-refractivity contribution in [3.8, 4) is 0 Å². The van der Waals surface area contributed by atoms with Gasteiger partial charge in [-0.05, 0) is 17.5 Å². The Bertz CT molecular complexity index is 986. The van der Waals surface area contributed by atoms with Crippen LogP contribution < -0.4 is 5.32 Å². The lowest BCUT2D eigenvalue weighted by Crippen LogP contribution is -2.48. The summed E-state index contributed by atoms with van der Waals surface area (Å²) in [6.07, 6.45) is 3.40.